The Morgan fingerprint density at radius 1 is 1.03 bits per heavy atom. The molecule has 0 saturated carbocycles. The Morgan fingerprint density at radius 3 is 2.42 bits per heavy atom. The number of amides is 2. The highest BCUT2D eigenvalue weighted by atomic mass is 16.2. The van der Waals surface area contributed by atoms with Gasteiger partial charge in [-0.2, -0.15) is 0 Å². The lowest BCUT2D eigenvalue weighted by Crippen LogP contribution is -2.52. The molecular formula is C26H25N6O4+. The third-order valence-corrected chi connectivity index (χ3v) is 6.51. The molecule has 0 radical (unpaired) electrons. The van der Waals surface area contributed by atoms with E-state index in [1.54, 1.807) is 36.5 Å². The number of benzene rings is 1. The molecule has 0 atom stereocenters. The molecule has 2 N–H and O–H groups in total. The second-order valence-electron chi connectivity index (χ2n) is 8.80. The molecule has 10 heteroatoms. The number of piperazine rings is 1. The van der Waals surface area contributed by atoms with Gasteiger partial charge >= 0.3 is 0 Å². The molecular weight excluding hydrogens is 460 g/mol. The molecule has 10 nitrogen and oxygen atoms in total. The van der Waals surface area contributed by atoms with Crippen LogP contribution in [0.4, 0.5) is 0 Å². The lowest BCUT2D eigenvalue weighted by molar-refractivity contribution is -0.363. The second kappa shape index (κ2) is 9.21. The van der Waals surface area contributed by atoms with Crippen molar-refractivity contribution < 1.29 is 19.4 Å². The number of carbonyl (C=O) groups excluding carboxylic acids is 3. The van der Waals surface area contributed by atoms with Crippen molar-refractivity contribution in [2.45, 2.75) is 6.92 Å². The number of fused-ring (bicyclic) bond motifs is 1. The van der Waals surface area contributed by atoms with Crippen molar-refractivity contribution in [1.29, 1.82) is 0 Å². The van der Waals surface area contributed by atoms with E-state index >= 15 is 0 Å². The van der Waals surface area contributed by atoms with Crippen molar-refractivity contribution in [3.8, 4) is 11.4 Å². The number of Topliss-reactive ketones (excluding diaryl/α,β-unsaturated/α-hetero) is 1. The summed E-state index contributed by atoms with van der Waals surface area (Å²) in [5, 5.41) is 0.621. The van der Waals surface area contributed by atoms with Crippen LogP contribution in [0.1, 0.15) is 26.3 Å². The van der Waals surface area contributed by atoms with Crippen molar-refractivity contribution in [3.05, 3.63) is 82.2 Å². The first kappa shape index (κ1) is 23.2. The quantitative estimate of drug-likeness (QED) is 0.344. The fourth-order valence-electron chi connectivity index (χ4n) is 4.50. The third kappa shape index (κ3) is 4.06. The van der Waals surface area contributed by atoms with Crippen LogP contribution in [0.15, 0.2) is 59.9 Å². The Bertz CT molecular complexity index is 1550. The second-order valence-corrected chi connectivity index (χ2v) is 8.80. The van der Waals surface area contributed by atoms with Gasteiger partial charge in [0, 0.05) is 62.1 Å². The molecule has 5 rings (SSSR count). The van der Waals surface area contributed by atoms with Crippen molar-refractivity contribution >= 4 is 28.5 Å². The standard InChI is InChI=1S/C26H24N6O4/c1-16-12-28-22(19-15-30(2)20(33)14-27-19)23-21(16)18(13-29-23)24(34)26(36)32-10-8-31(9-11-32)25(35)17-6-4-3-5-7-17/h3-7,12-15,29H,8-11H2,1-2H3/p+1. The summed E-state index contributed by atoms with van der Waals surface area (Å²) in [6.45, 7) is 3.13. The minimum Gasteiger partial charge on any atom is -0.355 e. The van der Waals surface area contributed by atoms with E-state index in [4.69, 9.17) is 0 Å². The molecule has 4 heterocycles. The van der Waals surface area contributed by atoms with Gasteiger partial charge in [0.2, 0.25) is 0 Å². The predicted octanol–water partition coefficient (Wildman–Crippen LogP) is 1.22. The minimum atomic E-state index is -0.613. The van der Waals surface area contributed by atoms with Gasteiger partial charge in [-0.3, -0.25) is 19.2 Å². The number of aromatic amines is 2. The first-order valence-electron chi connectivity index (χ1n) is 11.6. The van der Waals surface area contributed by atoms with Crippen LogP contribution in [0.2, 0.25) is 0 Å². The predicted molar refractivity (Wildman–Crippen MR) is 131 cm³/mol. The number of aromatic nitrogens is 4. The average molecular weight is 486 g/mol. The van der Waals surface area contributed by atoms with Crippen LogP contribution in [-0.4, -0.2) is 68.1 Å². The molecule has 1 fully saturated rings. The van der Waals surface area contributed by atoms with E-state index in [1.165, 1.54) is 21.9 Å². The molecule has 1 aliphatic rings. The van der Waals surface area contributed by atoms with Crippen LogP contribution >= 0.6 is 0 Å². The highest BCUT2D eigenvalue weighted by Crippen LogP contribution is 2.28. The molecule has 36 heavy (non-hydrogen) atoms. The van der Waals surface area contributed by atoms with Crippen molar-refractivity contribution in [2.24, 2.45) is 7.05 Å². The zero-order valence-electron chi connectivity index (χ0n) is 19.9. The summed E-state index contributed by atoms with van der Waals surface area (Å²) in [5.74, 6) is -1.30. The molecule has 0 spiro atoms. The number of rotatable bonds is 4. The lowest BCUT2D eigenvalue weighted by Gasteiger charge is -2.34. The van der Waals surface area contributed by atoms with E-state index in [2.05, 4.69) is 15.0 Å². The third-order valence-electron chi connectivity index (χ3n) is 6.51. The molecule has 4 aromatic rings. The van der Waals surface area contributed by atoms with Crippen molar-refractivity contribution in [1.82, 2.24) is 24.3 Å². The van der Waals surface area contributed by atoms with E-state index in [0.29, 0.717) is 40.9 Å². The normalized spacial score (nSPS) is 13.7. The number of carbonyl (C=O) groups is 3. The number of pyridine rings is 1. The van der Waals surface area contributed by atoms with Gasteiger partial charge in [-0.25, -0.2) is 9.97 Å². The molecule has 0 aliphatic carbocycles. The Hall–Kier alpha value is -4.60. The van der Waals surface area contributed by atoms with Crippen molar-refractivity contribution in [2.75, 3.05) is 26.2 Å². The number of aryl methyl sites for hydroxylation is 2. The lowest BCUT2D eigenvalue weighted by atomic mass is 10.0. The first-order valence-corrected chi connectivity index (χ1v) is 11.6. The maximum atomic E-state index is 13.3. The fraction of sp³-hybridized carbons (Fsp3) is 0.231. The van der Waals surface area contributed by atoms with Crippen LogP contribution in [-0.2, 0) is 11.8 Å². The van der Waals surface area contributed by atoms with Crippen molar-refractivity contribution in [3.63, 3.8) is 0 Å². The molecule has 3 aromatic heterocycles. The number of nitrogens with zero attached hydrogens (tertiary/aromatic N) is 4. The van der Waals surface area contributed by atoms with E-state index in [-0.39, 0.29) is 30.1 Å². The number of ketones is 1. The van der Waals surface area contributed by atoms with Gasteiger partial charge in [0.25, 0.3) is 28.9 Å². The Balaban J connectivity index is 1.37. The zero-order chi connectivity index (χ0) is 25.4. The Morgan fingerprint density at radius 2 is 1.72 bits per heavy atom. The maximum absolute atomic E-state index is 13.3. The number of H-pyrrole nitrogens is 2. The van der Waals surface area contributed by atoms with Gasteiger partial charge in [-0.1, -0.05) is 18.2 Å². The van der Waals surface area contributed by atoms with Gasteiger partial charge in [-0.05, 0) is 19.1 Å². The van der Waals surface area contributed by atoms with Crippen LogP contribution < -0.4 is 10.5 Å². The summed E-state index contributed by atoms with van der Waals surface area (Å²) in [6, 6.07) is 9.00. The molecule has 182 valence electrons. The Kier molecular flexibility index (Phi) is 5.93. The summed E-state index contributed by atoms with van der Waals surface area (Å²) in [6.07, 6.45) is 6.11. The van der Waals surface area contributed by atoms with Gasteiger partial charge < -0.3 is 19.4 Å². The molecule has 2 amide bonds. The van der Waals surface area contributed by atoms with Crippen LogP contribution in [0, 0.1) is 6.92 Å². The summed E-state index contributed by atoms with van der Waals surface area (Å²) >= 11 is 0. The minimum absolute atomic E-state index is 0.0860. The zero-order valence-corrected chi connectivity index (χ0v) is 19.9. The van der Waals surface area contributed by atoms with E-state index in [9.17, 15) is 19.2 Å². The number of hydrogen-bond acceptors (Lipinski definition) is 5. The van der Waals surface area contributed by atoms with E-state index in [1.807, 2.05) is 25.1 Å². The van der Waals surface area contributed by atoms with Gasteiger partial charge in [0.15, 0.2) is 11.9 Å². The van der Waals surface area contributed by atoms with Gasteiger partial charge in [-0.15, -0.1) is 0 Å². The molecule has 1 aliphatic heterocycles. The molecule has 1 saturated heterocycles. The highest BCUT2D eigenvalue weighted by molar-refractivity contribution is 6.45. The summed E-state index contributed by atoms with van der Waals surface area (Å²) in [4.78, 5) is 64.5. The fourth-order valence-corrected chi connectivity index (χ4v) is 4.50. The van der Waals surface area contributed by atoms with E-state index < -0.39 is 11.7 Å². The van der Waals surface area contributed by atoms with Crippen LogP contribution in [0.25, 0.3) is 22.3 Å². The molecule has 0 unspecified atom stereocenters. The monoisotopic (exact) mass is 485 g/mol. The van der Waals surface area contributed by atoms with Crippen LogP contribution in [0.3, 0.4) is 0 Å². The smallest absolute Gasteiger partial charge is 0.295 e. The number of hydrogen-bond donors (Lipinski definition) is 1. The van der Waals surface area contributed by atoms with Gasteiger partial charge in [0.1, 0.15) is 5.52 Å². The molecule has 0 bridgehead atoms. The SMILES string of the molecule is Cc1c[nH+]c(-c2cn(C)c(=O)cn2)c2[nH]cc(C(=O)C(=O)N3CCN(C(=O)c4ccccc4)CC3)c12. The van der Waals surface area contributed by atoms with Crippen LogP contribution in [0.5, 0.6) is 0 Å². The average Bonchev–Trinajstić information content (AvgIpc) is 3.36. The largest absolute Gasteiger partial charge is 0.355 e. The maximum Gasteiger partial charge on any atom is 0.295 e. The molecule has 1 aromatic carbocycles. The Labute approximate surface area is 206 Å². The summed E-state index contributed by atoms with van der Waals surface area (Å²) in [7, 11) is 1.63. The summed E-state index contributed by atoms with van der Waals surface area (Å²) < 4.78 is 1.42. The van der Waals surface area contributed by atoms with E-state index in [0.717, 1.165) is 5.56 Å². The topological polar surface area (TPSA) is 123 Å². The number of nitrogens with one attached hydrogen (secondary N) is 2. The van der Waals surface area contributed by atoms with Gasteiger partial charge in [0.05, 0.1) is 11.8 Å². The highest BCUT2D eigenvalue weighted by Gasteiger charge is 2.31. The summed E-state index contributed by atoms with van der Waals surface area (Å²) in [5.41, 5.74) is 3.17. The first-order chi connectivity index (χ1) is 17.3.